The average molecular weight is 418 g/mol. The summed E-state index contributed by atoms with van der Waals surface area (Å²) in [4.78, 5) is 1.92. The summed E-state index contributed by atoms with van der Waals surface area (Å²) in [6.45, 7) is 4.20. The number of hydrogen-bond donors (Lipinski definition) is 1. The van der Waals surface area contributed by atoms with E-state index in [0.29, 0.717) is 12.0 Å². The Morgan fingerprint density at radius 1 is 1.15 bits per heavy atom. The molecule has 2 N–H and O–H groups in total. The van der Waals surface area contributed by atoms with Gasteiger partial charge in [0.1, 0.15) is 5.75 Å². The minimum atomic E-state index is -5.60. The molecule has 26 heavy (non-hydrogen) atoms. The van der Waals surface area contributed by atoms with E-state index in [2.05, 4.69) is 10.8 Å². The molecule has 0 unspecified atom stereocenters. The average Bonchev–Trinajstić information content (AvgIpc) is 2.45. The van der Waals surface area contributed by atoms with Crippen LogP contribution in [0.1, 0.15) is 12.0 Å². The number of halogens is 3. The summed E-state index contributed by atoms with van der Waals surface area (Å²) in [6.07, 6.45) is 2.06. The highest BCUT2D eigenvalue weighted by Gasteiger charge is 2.48. The van der Waals surface area contributed by atoms with Crippen LogP contribution in [-0.2, 0) is 20.1 Å². The zero-order chi connectivity index (χ0) is 20.6. The van der Waals surface area contributed by atoms with E-state index in [1.165, 1.54) is 18.2 Å². The Balaban J connectivity index is 0.000000541. The predicted molar refractivity (Wildman–Crippen MR) is 93.3 cm³/mol. The van der Waals surface area contributed by atoms with E-state index in [-0.39, 0.29) is 5.75 Å². The van der Waals surface area contributed by atoms with Crippen LogP contribution in [0.25, 0.3) is 6.08 Å². The molecule has 0 saturated heterocycles. The smallest absolute Gasteiger partial charge is 0.376 e. The second-order valence-corrected chi connectivity index (χ2v) is 8.55. The van der Waals surface area contributed by atoms with Gasteiger partial charge in [-0.25, -0.2) is 13.6 Å². The number of nitrogens with two attached hydrogens (primary N) is 1. The van der Waals surface area contributed by atoms with Crippen LogP contribution in [0.2, 0.25) is 0 Å². The summed E-state index contributed by atoms with van der Waals surface area (Å²) in [5.41, 5.74) is -4.79. The van der Waals surface area contributed by atoms with Crippen LogP contribution in [0.5, 0.6) is 5.75 Å². The third kappa shape index (κ3) is 10.4. The number of primary sulfonamides is 1. The Kier molecular flexibility index (Phi) is 9.28. The lowest BCUT2D eigenvalue weighted by Gasteiger charge is -2.09. The fourth-order valence-electron chi connectivity index (χ4n) is 1.42. The van der Waals surface area contributed by atoms with Crippen LogP contribution < -0.4 is 9.32 Å². The van der Waals surface area contributed by atoms with Crippen LogP contribution in [0.3, 0.4) is 0 Å². The van der Waals surface area contributed by atoms with Crippen molar-refractivity contribution < 1.29 is 34.2 Å². The van der Waals surface area contributed by atoms with E-state index in [1.807, 2.05) is 19.0 Å². The van der Waals surface area contributed by atoms with Gasteiger partial charge in [-0.15, -0.1) is 0 Å². The monoisotopic (exact) mass is 418 g/mol. The molecular weight excluding hydrogens is 397 g/mol. The van der Waals surface area contributed by atoms with Crippen LogP contribution in [0.15, 0.2) is 30.8 Å². The minimum Gasteiger partial charge on any atom is -0.376 e. The molecule has 0 aromatic heterocycles. The SMILES string of the molecule is C=Cc1ccc(OS(=O)(=O)C(F)(F)F)cc1.CN(C)CCCS(N)(=O)=O. The molecule has 0 fully saturated rings. The van der Waals surface area contributed by atoms with Gasteiger partial charge in [-0.3, -0.25) is 0 Å². The van der Waals surface area contributed by atoms with Crippen molar-refractivity contribution in [3.8, 4) is 5.75 Å². The van der Waals surface area contributed by atoms with Gasteiger partial charge in [0, 0.05) is 0 Å². The third-order valence-corrected chi connectivity index (χ3v) is 4.48. The van der Waals surface area contributed by atoms with Crippen molar-refractivity contribution in [2.45, 2.75) is 11.9 Å². The molecule has 150 valence electrons. The molecule has 0 bridgehead atoms. The maximum Gasteiger partial charge on any atom is 0.534 e. The van der Waals surface area contributed by atoms with Crippen LogP contribution in [0.4, 0.5) is 13.2 Å². The number of alkyl halides is 3. The number of benzene rings is 1. The molecular formula is C14H21F3N2O5S2. The topological polar surface area (TPSA) is 107 Å². The van der Waals surface area contributed by atoms with Crippen LogP contribution >= 0.6 is 0 Å². The molecule has 0 atom stereocenters. The lowest BCUT2D eigenvalue weighted by molar-refractivity contribution is -0.0500. The molecule has 1 aromatic rings. The minimum absolute atomic E-state index is 0.0746. The first kappa shape index (κ1) is 24.4. The Labute approximate surface area is 151 Å². The van der Waals surface area contributed by atoms with Crippen molar-refractivity contribution in [3.05, 3.63) is 36.4 Å². The van der Waals surface area contributed by atoms with Gasteiger partial charge in [0.15, 0.2) is 0 Å². The van der Waals surface area contributed by atoms with Crippen molar-refractivity contribution in [2.75, 3.05) is 26.4 Å². The molecule has 1 aromatic carbocycles. The zero-order valence-corrected chi connectivity index (χ0v) is 15.9. The Hall–Kier alpha value is -1.63. The van der Waals surface area contributed by atoms with E-state index < -0.39 is 31.4 Å². The van der Waals surface area contributed by atoms with Gasteiger partial charge < -0.3 is 9.08 Å². The van der Waals surface area contributed by atoms with Gasteiger partial charge in [-0.1, -0.05) is 24.8 Å². The summed E-state index contributed by atoms with van der Waals surface area (Å²) in [5.74, 6) is -0.325. The number of sulfonamides is 1. The highest BCUT2D eigenvalue weighted by molar-refractivity contribution is 7.89. The summed E-state index contributed by atoms with van der Waals surface area (Å²) in [6, 6.07) is 4.99. The summed E-state index contributed by atoms with van der Waals surface area (Å²) < 4.78 is 81.6. The Morgan fingerprint density at radius 2 is 1.65 bits per heavy atom. The van der Waals surface area contributed by atoms with Crippen molar-refractivity contribution in [1.82, 2.24) is 4.90 Å². The maximum absolute atomic E-state index is 11.9. The largest absolute Gasteiger partial charge is 0.534 e. The summed E-state index contributed by atoms with van der Waals surface area (Å²) >= 11 is 0. The highest BCUT2D eigenvalue weighted by Crippen LogP contribution is 2.26. The molecule has 0 amide bonds. The number of nitrogens with zero attached hydrogens (tertiary/aromatic N) is 1. The van der Waals surface area contributed by atoms with E-state index >= 15 is 0 Å². The molecule has 7 nitrogen and oxygen atoms in total. The third-order valence-electron chi connectivity index (χ3n) is 2.64. The molecule has 0 saturated carbocycles. The molecule has 0 spiro atoms. The van der Waals surface area contributed by atoms with E-state index in [4.69, 9.17) is 5.14 Å². The standard InChI is InChI=1S/C9H7F3O3S.C5H14N2O2S/c1-2-7-3-5-8(6-4-7)15-16(13,14)9(10,11)12;1-7(2)4-3-5-10(6,8)9/h2-6H,1H2;3-5H2,1-2H3,(H2,6,8,9). The van der Waals surface area contributed by atoms with Crippen LogP contribution in [-0.4, -0.2) is 53.6 Å². The number of rotatable bonds is 7. The fraction of sp³-hybridized carbons (Fsp3) is 0.429. The van der Waals surface area contributed by atoms with Crippen molar-refractivity contribution >= 4 is 26.2 Å². The molecule has 0 aliphatic heterocycles. The lowest BCUT2D eigenvalue weighted by atomic mass is 10.2. The maximum atomic E-state index is 11.9. The van der Waals surface area contributed by atoms with Gasteiger partial charge >= 0.3 is 15.6 Å². The second kappa shape index (κ2) is 9.90. The van der Waals surface area contributed by atoms with E-state index in [0.717, 1.165) is 18.7 Å². The van der Waals surface area contributed by atoms with Crippen LogP contribution in [0, 0.1) is 0 Å². The summed E-state index contributed by atoms with van der Waals surface area (Å²) in [7, 11) is -5.06. The van der Waals surface area contributed by atoms with Crippen molar-refractivity contribution in [3.63, 3.8) is 0 Å². The highest BCUT2D eigenvalue weighted by atomic mass is 32.2. The first-order valence-corrected chi connectivity index (χ1v) is 10.2. The molecule has 0 radical (unpaired) electrons. The molecule has 0 aliphatic carbocycles. The van der Waals surface area contributed by atoms with Gasteiger partial charge in [-0.2, -0.15) is 21.6 Å². The quantitative estimate of drug-likeness (QED) is 0.534. The first-order chi connectivity index (χ1) is 11.7. The van der Waals surface area contributed by atoms with Gasteiger partial charge in [0.2, 0.25) is 10.0 Å². The van der Waals surface area contributed by atoms with E-state index in [1.54, 1.807) is 0 Å². The molecule has 1 rings (SSSR count). The molecule has 0 heterocycles. The molecule has 0 aliphatic rings. The Morgan fingerprint density at radius 3 is 2.00 bits per heavy atom. The van der Waals surface area contributed by atoms with Gasteiger partial charge in [-0.05, 0) is 44.8 Å². The predicted octanol–water partition coefficient (Wildman–Crippen LogP) is 1.78. The second-order valence-electron chi connectivity index (χ2n) is 5.28. The normalized spacial score (nSPS) is 12.3. The first-order valence-electron chi connectivity index (χ1n) is 7.06. The number of hydrogen-bond acceptors (Lipinski definition) is 6. The summed E-state index contributed by atoms with van der Waals surface area (Å²) in [5, 5.41) is 4.78. The fourth-order valence-corrected chi connectivity index (χ4v) is 2.41. The zero-order valence-electron chi connectivity index (χ0n) is 14.2. The molecule has 12 heteroatoms. The lowest BCUT2D eigenvalue weighted by Crippen LogP contribution is -2.28. The van der Waals surface area contributed by atoms with E-state index in [9.17, 15) is 30.0 Å². The van der Waals surface area contributed by atoms with Crippen molar-refractivity contribution in [2.24, 2.45) is 5.14 Å². The van der Waals surface area contributed by atoms with Gasteiger partial charge in [0.05, 0.1) is 5.75 Å². The Bertz CT molecular complexity index is 774. The van der Waals surface area contributed by atoms with Gasteiger partial charge in [0.25, 0.3) is 0 Å². The van der Waals surface area contributed by atoms with Crippen molar-refractivity contribution in [1.29, 1.82) is 0 Å².